The number of aromatic hydroxyl groups is 1. The van der Waals surface area contributed by atoms with E-state index in [9.17, 15) is 5.11 Å². The van der Waals surface area contributed by atoms with Crippen LogP contribution in [0.5, 0.6) is 23.0 Å². The molecule has 0 aliphatic carbocycles. The van der Waals surface area contributed by atoms with Crippen molar-refractivity contribution in [2.24, 2.45) is 11.8 Å². The summed E-state index contributed by atoms with van der Waals surface area (Å²) in [6.45, 7) is 10.7. The summed E-state index contributed by atoms with van der Waals surface area (Å²) in [5.41, 5.74) is 2.81. The van der Waals surface area contributed by atoms with Crippen molar-refractivity contribution in [1.29, 1.82) is 0 Å². The van der Waals surface area contributed by atoms with Crippen molar-refractivity contribution in [2.45, 2.75) is 52.7 Å². The van der Waals surface area contributed by atoms with Gasteiger partial charge in [0.1, 0.15) is 6.10 Å². The SMILES string of the molecule is COc1cc([C@@H]2Oc3c(OC)cc(/C=C/COCCC(C)C)cc3[C@H]2OCCC(C)C)ccc1O. The molecule has 1 heterocycles. The van der Waals surface area contributed by atoms with Crippen molar-refractivity contribution in [3.8, 4) is 23.0 Å². The maximum atomic E-state index is 10.1. The van der Waals surface area contributed by atoms with Gasteiger partial charge in [-0.25, -0.2) is 0 Å². The lowest BCUT2D eigenvalue weighted by Gasteiger charge is -2.21. The molecule has 6 nitrogen and oxygen atoms in total. The minimum Gasteiger partial charge on any atom is -0.504 e. The number of rotatable bonds is 13. The van der Waals surface area contributed by atoms with E-state index in [0.29, 0.717) is 42.3 Å². The van der Waals surface area contributed by atoms with Crippen LogP contribution in [0.15, 0.2) is 36.4 Å². The normalized spacial score (nSPS) is 17.3. The molecule has 0 unspecified atom stereocenters. The molecule has 2 aromatic rings. The summed E-state index contributed by atoms with van der Waals surface area (Å²) >= 11 is 0. The standard InChI is InChI=1S/C29H40O6/c1-19(2)11-14-33-13-7-8-21-16-23-28(26(17-21)32-6)35-27(29(23)34-15-12-20(3)4)22-9-10-24(30)25(18-22)31-5/h7-10,16-20,27,29-30H,11-15H2,1-6H3/b8-7+/t27-,29+/m0/s1. The van der Waals surface area contributed by atoms with Crippen molar-refractivity contribution in [3.05, 3.63) is 53.1 Å². The average molecular weight is 485 g/mol. The number of methoxy groups -OCH3 is 2. The van der Waals surface area contributed by atoms with Gasteiger partial charge in [0.15, 0.2) is 29.1 Å². The van der Waals surface area contributed by atoms with Gasteiger partial charge in [-0.1, -0.05) is 45.9 Å². The van der Waals surface area contributed by atoms with Crippen molar-refractivity contribution < 1.29 is 28.8 Å². The quantitative estimate of drug-likeness (QED) is 0.318. The lowest BCUT2D eigenvalue weighted by molar-refractivity contribution is -0.0107. The van der Waals surface area contributed by atoms with Gasteiger partial charge in [-0.2, -0.15) is 0 Å². The van der Waals surface area contributed by atoms with E-state index < -0.39 is 0 Å². The molecule has 0 saturated heterocycles. The summed E-state index contributed by atoms with van der Waals surface area (Å²) in [7, 11) is 3.18. The molecule has 0 amide bonds. The Morgan fingerprint density at radius 3 is 2.34 bits per heavy atom. The molecule has 35 heavy (non-hydrogen) atoms. The Bertz CT molecular complexity index is 981. The zero-order valence-electron chi connectivity index (χ0n) is 21.9. The van der Waals surface area contributed by atoms with Crippen LogP contribution in [0.3, 0.4) is 0 Å². The van der Waals surface area contributed by atoms with Crippen LogP contribution in [0.4, 0.5) is 0 Å². The van der Waals surface area contributed by atoms with E-state index in [-0.39, 0.29) is 18.0 Å². The molecule has 0 saturated carbocycles. The summed E-state index contributed by atoms with van der Waals surface area (Å²) in [5.74, 6) is 3.00. The Morgan fingerprint density at radius 2 is 1.66 bits per heavy atom. The lowest BCUT2D eigenvalue weighted by Crippen LogP contribution is -2.14. The fourth-order valence-corrected chi connectivity index (χ4v) is 3.96. The van der Waals surface area contributed by atoms with Crippen LogP contribution in [0.25, 0.3) is 6.08 Å². The number of phenols is 1. The largest absolute Gasteiger partial charge is 0.504 e. The minimum atomic E-state index is -0.390. The summed E-state index contributed by atoms with van der Waals surface area (Å²) in [6, 6.07) is 9.33. The Labute approximate surface area is 209 Å². The Hall–Kier alpha value is -2.70. The summed E-state index contributed by atoms with van der Waals surface area (Å²) < 4.78 is 29.6. The third kappa shape index (κ3) is 7.15. The number of fused-ring (bicyclic) bond motifs is 1. The Morgan fingerprint density at radius 1 is 0.943 bits per heavy atom. The molecule has 192 valence electrons. The third-order valence-corrected chi connectivity index (χ3v) is 6.04. The maximum Gasteiger partial charge on any atom is 0.168 e. The smallest absolute Gasteiger partial charge is 0.168 e. The molecule has 0 bridgehead atoms. The van der Waals surface area contributed by atoms with Crippen molar-refractivity contribution >= 4 is 6.08 Å². The van der Waals surface area contributed by atoms with E-state index in [1.165, 1.54) is 7.11 Å². The number of ether oxygens (including phenoxy) is 5. The highest BCUT2D eigenvalue weighted by Gasteiger charge is 2.39. The van der Waals surface area contributed by atoms with Gasteiger partial charge in [0, 0.05) is 18.8 Å². The van der Waals surface area contributed by atoms with Gasteiger partial charge in [0.05, 0.1) is 20.8 Å². The second kappa shape index (κ2) is 12.8. The zero-order valence-corrected chi connectivity index (χ0v) is 21.9. The number of benzene rings is 2. The van der Waals surface area contributed by atoms with E-state index in [1.54, 1.807) is 19.2 Å². The van der Waals surface area contributed by atoms with Crippen molar-refractivity contribution in [2.75, 3.05) is 34.0 Å². The molecule has 1 N–H and O–H groups in total. The predicted molar refractivity (Wildman–Crippen MR) is 138 cm³/mol. The molecule has 0 aromatic heterocycles. The summed E-state index contributed by atoms with van der Waals surface area (Å²) in [4.78, 5) is 0. The molecule has 1 aliphatic rings. The van der Waals surface area contributed by atoms with Crippen LogP contribution in [0.2, 0.25) is 0 Å². The van der Waals surface area contributed by atoms with Gasteiger partial charge in [-0.05, 0) is 60.1 Å². The predicted octanol–water partition coefficient (Wildman–Crippen LogP) is 6.72. The van der Waals surface area contributed by atoms with Crippen LogP contribution < -0.4 is 14.2 Å². The van der Waals surface area contributed by atoms with Crippen LogP contribution >= 0.6 is 0 Å². The Kier molecular flexibility index (Phi) is 9.87. The highest BCUT2D eigenvalue weighted by molar-refractivity contribution is 5.62. The molecular weight excluding hydrogens is 444 g/mol. The lowest BCUT2D eigenvalue weighted by atomic mass is 9.98. The van der Waals surface area contributed by atoms with Gasteiger partial charge >= 0.3 is 0 Å². The molecule has 0 fully saturated rings. The first-order chi connectivity index (χ1) is 16.8. The molecule has 3 rings (SSSR count). The fourth-order valence-electron chi connectivity index (χ4n) is 3.96. The van der Waals surface area contributed by atoms with Crippen LogP contribution in [0, 0.1) is 11.8 Å². The second-order valence-electron chi connectivity index (χ2n) is 9.74. The number of hydrogen-bond donors (Lipinski definition) is 1. The van der Waals surface area contributed by atoms with Crippen LogP contribution in [-0.4, -0.2) is 39.1 Å². The van der Waals surface area contributed by atoms with Gasteiger partial charge in [-0.15, -0.1) is 0 Å². The first-order valence-electron chi connectivity index (χ1n) is 12.4. The van der Waals surface area contributed by atoms with E-state index in [1.807, 2.05) is 24.3 Å². The molecule has 2 atom stereocenters. The number of hydrogen-bond acceptors (Lipinski definition) is 6. The molecule has 0 spiro atoms. The summed E-state index contributed by atoms with van der Waals surface area (Å²) in [6.07, 6.45) is 5.36. The first-order valence-corrected chi connectivity index (χ1v) is 12.4. The van der Waals surface area contributed by atoms with Gasteiger partial charge in [0.25, 0.3) is 0 Å². The van der Waals surface area contributed by atoms with Crippen LogP contribution in [0.1, 0.15) is 69.4 Å². The van der Waals surface area contributed by atoms with Crippen LogP contribution in [-0.2, 0) is 9.47 Å². The molecule has 0 radical (unpaired) electrons. The highest BCUT2D eigenvalue weighted by atomic mass is 16.6. The fraction of sp³-hybridized carbons (Fsp3) is 0.517. The van der Waals surface area contributed by atoms with Gasteiger partial charge in [-0.3, -0.25) is 0 Å². The second-order valence-corrected chi connectivity index (χ2v) is 9.74. The monoisotopic (exact) mass is 484 g/mol. The average Bonchev–Trinajstić information content (AvgIpc) is 3.19. The van der Waals surface area contributed by atoms with Crippen molar-refractivity contribution in [1.82, 2.24) is 0 Å². The number of phenolic OH excluding ortho intramolecular Hbond substituents is 1. The van der Waals surface area contributed by atoms with Gasteiger partial charge < -0.3 is 28.8 Å². The third-order valence-electron chi connectivity index (χ3n) is 6.04. The zero-order chi connectivity index (χ0) is 25.4. The minimum absolute atomic E-state index is 0.0876. The van der Waals surface area contributed by atoms with E-state index >= 15 is 0 Å². The van der Waals surface area contributed by atoms with Gasteiger partial charge in [0.2, 0.25) is 0 Å². The highest BCUT2D eigenvalue weighted by Crippen LogP contribution is 2.52. The molecular formula is C29H40O6. The van der Waals surface area contributed by atoms with E-state index in [0.717, 1.165) is 36.1 Å². The van der Waals surface area contributed by atoms with E-state index in [2.05, 4.69) is 33.8 Å². The molecule has 2 aromatic carbocycles. The van der Waals surface area contributed by atoms with Crippen molar-refractivity contribution in [3.63, 3.8) is 0 Å². The summed E-state index contributed by atoms with van der Waals surface area (Å²) in [5, 5.41) is 10.1. The Balaban J connectivity index is 1.87. The first kappa shape index (κ1) is 26.9. The van der Waals surface area contributed by atoms with E-state index in [4.69, 9.17) is 23.7 Å². The molecule has 1 aliphatic heterocycles. The molecule has 6 heteroatoms. The maximum absolute atomic E-state index is 10.1. The topological polar surface area (TPSA) is 66.4 Å².